The third-order valence-electron chi connectivity index (χ3n) is 2.57. The van der Waals surface area contributed by atoms with Gasteiger partial charge < -0.3 is 5.11 Å². The summed E-state index contributed by atoms with van der Waals surface area (Å²) in [6.07, 6.45) is -0.387. The number of rotatable bonds is 6. The molecule has 1 rings (SSSR count). The quantitative estimate of drug-likeness (QED) is 0.814. The van der Waals surface area contributed by atoms with Crippen molar-refractivity contribution >= 4 is 16.0 Å². The molecule has 0 amide bonds. The van der Waals surface area contributed by atoms with Crippen LogP contribution in [0.5, 0.6) is 0 Å². The first-order chi connectivity index (χ1) is 8.30. The molecule has 0 atom stereocenters. The molecule has 0 heterocycles. The van der Waals surface area contributed by atoms with E-state index in [-0.39, 0.29) is 13.0 Å². The van der Waals surface area contributed by atoms with Crippen LogP contribution >= 0.6 is 0 Å². The van der Waals surface area contributed by atoms with E-state index in [2.05, 4.69) is 4.72 Å². The number of carboxylic acids is 1. The molecule has 18 heavy (non-hydrogen) atoms. The van der Waals surface area contributed by atoms with Gasteiger partial charge in [0.1, 0.15) is 0 Å². The zero-order valence-corrected chi connectivity index (χ0v) is 11.3. The third-order valence-corrected chi connectivity index (χ3v) is 3.90. The Labute approximate surface area is 107 Å². The lowest BCUT2D eigenvalue weighted by Crippen LogP contribution is -2.27. The lowest BCUT2D eigenvalue weighted by molar-refractivity contribution is -0.136. The van der Waals surface area contributed by atoms with Crippen molar-refractivity contribution in [2.24, 2.45) is 0 Å². The number of benzene rings is 1. The van der Waals surface area contributed by atoms with E-state index in [1.165, 1.54) is 0 Å². The van der Waals surface area contributed by atoms with Crippen molar-refractivity contribution in [1.29, 1.82) is 0 Å². The number of aliphatic carboxylic acids is 1. The number of hydrogen-bond donors (Lipinski definition) is 2. The summed E-state index contributed by atoms with van der Waals surface area (Å²) in [5.41, 5.74) is 2.95. The predicted octanol–water partition coefficient (Wildman–Crippen LogP) is 1.20. The Morgan fingerprint density at radius 3 is 2.61 bits per heavy atom. The molecule has 1 aromatic carbocycles. The van der Waals surface area contributed by atoms with E-state index in [0.717, 1.165) is 16.7 Å². The fourth-order valence-electron chi connectivity index (χ4n) is 1.47. The Morgan fingerprint density at radius 2 is 2.00 bits per heavy atom. The van der Waals surface area contributed by atoms with Crippen molar-refractivity contribution in [2.45, 2.75) is 26.8 Å². The van der Waals surface area contributed by atoms with E-state index in [4.69, 9.17) is 5.11 Å². The summed E-state index contributed by atoms with van der Waals surface area (Å²) in [5, 5.41) is 8.45. The van der Waals surface area contributed by atoms with Crippen molar-refractivity contribution in [3.8, 4) is 0 Å². The van der Waals surface area contributed by atoms with Gasteiger partial charge in [-0.3, -0.25) is 4.79 Å². The van der Waals surface area contributed by atoms with Gasteiger partial charge in [0.2, 0.25) is 10.0 Å². The first-order valence-corrected chi connectivity index (χ1v) is 7.20. The lowest BCUT2D eigenvalue weighted by atomic mass is 10.1. The molecule has 0 fully saturated rings. The predicted molar refractivity (Wildman–Crippen MR) is 68.8 cm³/mol. The maximum atomic E-state index is 11.5. The van der Waals surface area contributed by atoms with Gasteiger partial charge in [-0.25, -0.2) is 13.1 Å². The number of carboxylic acid groups (broad SMARTS) is 1. The highest BCUT2D eigenvalue weighted by atomic mass is 32.2. The Bertz CT molecular complexity index is 537. The highest BCUT2D eigenvalue weighted by Gasteiger charge is 2.12. The normalized spacial score (nSPS) is 11.4. The zero-order chi connectivity index (χ0) is 13.8. The first kappa shape index (κ1) is 14.7. The average molecular weight is 271 g/mol. The average Bonchev–Trinajstić information content (AvgIpc) is 2.28. The summed E-state index contributed by atoms with van der Waals surface area (Å²) in [4.78, 5) is 10.3. The summed E-state index contributed by atoms with van der Waals surface area (Å²) < 4.78 is 25.5. The summed E-state index contributed by atoms with van der Waals surface area (Å²) in [7, 11) is -3.54. The van der Waals surface area contributed by atoms with Gasteiger partial charge in [-0.1, -0.05) is 23.8 Å². The third kappa shape index (κ3) is 4.85. The van der Waals surface area contributed by atoms with E-state index in [0.29, 0.717) is 0 Å². The minimum Gasteiger partial charge on any atom is -0.481 e. The molecule has 0 spiro atoms. The highest BCUT2D eigenvalue weighted by molar-refractivity contribution is 7.89. The van der Waals surface area contributed by atoms with Crippen LogP contribution in [0, 0.1) is 13.8 Å². The van der Waals surface area contributed by atoms with Crippen LogP contribution in [0.4, 0.5) is 0 Å². The van der Waals surface area contributed by atoms with Crippen LogP contribution in [0.3, 0.4) is 0 Å². The zero-order valence-electron chi connectivity index (χ0n) is 10.4. The number of aryl methyl sites for hydroxylation is 2. The topological polar surface area (TPSA) is 83.5 Å². The summed E-state index contributed by atoms with van der Waals surface area (Å²) >= 11 is 0. The van der Waals surface area contributed by atoms with Gasteiger partial charge in [0.05, 0.1) is 12.2 Å². The molecule has 5 nitrogen and oxygen atoms in total. The van der Waals surface area contributed by atoms with Gasteiger partial charge in [0.25, 0.3) is 0 Å². The molecule has 0 saturated carbocycles. The monoisotopic (exact) mass is 271 g/mol. The second-order valence-electron chi connectivity index (χ2n) is 4.21. The van der Waals surface area contributed by atoms with E-state index in [1.807, 2.05) is 32.0 Å². The molecule has 0 aliphatic heterocycles. The Hall–Kier alpha value is -1.40. The Kier molecular flexibility index (Phi) is 4.86. The second-order valence-corrected chi connectivity index (χ2v) is 6.14. The fourth-order valence-corrected chi connectivity index (χ4v) is 2.44. The largest absolute Gasteiger partial charge is 0.481 e. The van der Waals surface area contributed by atoms with Crippen molar-refractivity contribution in [3.05, 3.63) is 34.9 Å². The van der Waals surface area contributed by atoms with Gasteiger partial charge in [-0.05, 0) is 25.0 Å². The molecule has 0 aliphatic rings. The second kappa shape index (κ2) is 5.97. The smallest absolute Gasteiger partial charge is 0.304 e. The fraction of sp³-hybridized carbons (Fsp3) is 0.417. The van der Waals surface area contributed by atoms with Crippen LogP contribution in [-0.4, -0.2) is 25.2 Å². The van der Waals surface area contributed by atoms with Gasteiger partial charge in [0, 0.05) is 6.54 Å². The minimum absolute atomic E-state index is 0.190. The molecule has 2 N–H and O–H groups in total. The van der Waals surface area contributed by atoms with Crippen LogP contribution in [0.2, 0.25) is 0 Å². The van der Waals surface area contributed by atoms with Crippen LogP contribution in [-0.2, 0) is 21.4 Å². The summed E-state index contributed by atoms with van der Waals surface area (Å²) in [5.74, 6) is -1.51. The number of nitrogens with one attached hydrogen (secondary N) is 1. The van der Waals surface area contributed by atoms with Crippen molar-refractivity contribution in [2.75, 3.05) is 5.75 Å². The molecular formula is C12H17NO4S. The number of sulfonamides is 1. The van der Waals surface area contributed by atoms with Crippen LogP contribution in [0.15, 0.2) is 18.2 Å². The molecule has 100 valence electrons. The maximum absolute atomic E-state index is 11.5. The van der Waals surface area contributed by atoms with Gasteiger partial charge >= 0.3 is 5.97 Å². The summed E-state index contributed by atoms with van der Waals surface area (Å²) in [6, 6.07) is 5.79. The molecular weight excluding hydrogens is 254 g/mol. The van der Waals surface area contributed by atoms with E-state index in [1.54, 1.807) is 0 Å². The number of hydrogen-bond acceptors (Lipinski definition) is 3. The van der Waals surface area contributed by atoms with E-state index >= 15 is 0 Å². The molecule has 1 aromatic rings. The van der Waals surface area contributed by atoms with Crippen LogP contribution < -0.4 is 4.72 Å². The summed E-state index contributed by atoms with van der Waals surface area (Å²) in [6.45, 7) is 4.03. The van der Waals surface area contributed by atoms with E-state index < -0.39 is 21.7 Å². The Balaban J connectivity index is 2.64. The highest BCUT2D eigenvalue weighted by Crippen LogP contribution is 2.10. The van der Waals surface area contributed by atoms with E-state index in [9.17, 15) is 13.2 Å². The van der Waals surface area contributed by atoms with Crippen molar-refractivity contribution in [1.82, 2.24) is 4.72 Å². The number of carbonyl (C=O) groups is 1. The standard InChI is InChI=1S/C12H17NO4S/c1-9-3-4-10(2)11(7-9)8-13-18(16,17)6-5-12(14)15/h3-4,7,13H,5-6,8H2,1-2H3,(H,14,15). The van der Waals surface area contributed by atoms with Crippen LogP contribution in [0.1, 0.15) is 23.1 Å². The first-order valence-electron chi connectivity index (χ1n) is 5.55. The van der Waals surface area contributed by atoms with Gasteiger partial charge in [-0.2, -0.15) is 0 Å². The van der Waals surface area contributed by atoms with Gasteiger partial charge in [0.15, 0.2) is 0 Å². The van der Waals surface area contributed by atoms with Crippen LogP contribution in [0.25, 0.3) is 0 Å². The Morgan fingerprint density at radius 1 is 1.33 bits per heavy atom. The minimum atomic E-state index is -3.54. The molecule has 0 bridgehead atoms. The lowest BCUT2D eigenvalue weighted by Gasteiger charge is -2.09. The van der Waals surface area contributed by atoms with Crippen molar-refractivity contribution in [3.63, 3.8) is 0 Å². The molecule has 0 aliphatic carbocycles. The molecule has 6 heteroatoms. The molecule has 0 unspecified atom stereocenters. The maximum Gasteiger partial charge on any atom is 0.304 e. The molecule has 0 aromatic heterocycles. The molecule has 0 radical (unpaired) electrons. The van der Waals surface area contributed by atoms with Gasteiger partial charge in [-0.15, -0.1) is 0 Å². The SMILES string of the molecule is Cc1ccc(C)c(CNS(=O)(=O)CCC(=O)O)c1. The molecule has 0 saturated heterocycles. The van der Waals surface area contributed by atoms with Crippen molar-refractivity contribution < 1.29 is 18.3 Å².